The molecule has 1 N–H and O–H groups in total. The number of nitrogens with one attached hydrogen (secondary N) is 1. The highest BCUT2D eigenvalue weighted by molar-refractivity contribution is 5.97. The van der Waals surface area contributed by atoms with Crippen molar-refractivity contribution in [3.8, 4) is 0 Å². The molecule has 1 aliphatic rings. The Kier molecular flexibility index (Phi) is 4.73. The number of aromatic nitrogens is 2. The molecule has 0 aliphatic carbocycles. The standard InChI is InChI=1S/C20H17F3N4O2/c21-20(22,23)13-4-5-14-16(11-13)25-12-15(18(14)28)19(29)27-9-7-26(8-10-27)17-3-1-2-6-24-17/h1-6,11-12H,7-10H2,(H,25,28). The van der Waals surface area contributed by atoms with Crippen molar-refractivity contribution in [2.45, 2.75) is 6.18 Å². The second-order valence-corrected chi connectivity index (χ2v) is 6.76. The van der Waals surface area contributed by atoms with Crippen LogP contribution in [0.4, 0.5) is 19.0 Å². The Labute approximate surface area is 163 Å². The molecule has 0 spiro atoms. The molecule has 0 unspecified atom stereocenters. The number of halogens is 3. The number of alkyl halides is 3. The molecule has 1 saturated heterocycles. The topological polar surface area (TPSA) is 69.3 Å². The van der Waals surface area contributed by atoms with E-state index in [-0.39, 0.29) is 16.5 Å². The number of piperazine rings is 1. The minimum absolute atomic E-state index is 0.0429. The molecule has 3 heterocycles. The SMILES string of the molecule is O=C(c1c[nH]c2cc(C(F)(F)F)ccc2c1=O)N1CCN(c2ccccn2)CC1. The van der Waals surface area contributed by atoms with Crippen LogP contribution in [0.3, 0.4) is 0 Å². The summed E-state index contributed by atoms with van der Waals surface area (Å²) in [5, 5.41) is 0.0518. The molecule has 29 heavy (non-hydrogen) atoms. The zero-order chi connectivity index (χ0) is 20.6. The average Bonchev–Trinajstić information content (AvgIpc) is 2.73. The van der Waals surface area contributed by atoms with E-state index in [0.29, 0.717) is 26.2 Å². The highest BCUT2D eigenvalue weighted by atomic mass is 19.4. The molecule has 6 nitrogen and oxygen atoms in total. The zero-order valence-electron chi connectivity index (χ0n) is 15.2. The summed E-state index contributed by atoms with van der Waals surface area (Å²) < 4.78 is 38.6. The van der Waals surface area contributed by atoms with E-state index in [9.17, 15) is 22.8 Å². The zero-order valence-corrected chi connectivity index (χ0v) is 15.2. The highest BCUT2D eigenvalue weighted by Gasteiger charge is 2.31. The lowest BCUT2D eigenvalue weighted by Crippen LogP contribution is -2.49. The van der Waals surface area contributed by atoms with Crippen LogP contribution in [-0.2, 0) is 6.18 Å². The normalized spacial score (nSPS) is 15.0. The summed E-state index contributed by atoms with van der Waals surface area (Å²) in [6.45, 7) is 1.98. The van der Waals surface area contributed by atoms with E-state index in [1.165, 1.54) is 6.20 Å². The molecule has 0 bridgehead atoms. The number of rotatable bonds is 2. The Bertz CT molecular complexity index is 1100. The summed E-state index contributed by atoms with van der Waals surface area (Å²) >= 11 is 0. The Balaban J connectivity index is 1.55. The molecular weight excluding hydrogens is 385 g/mol. The number of amides is 1. The van der Waals surface area contributed by atoms with E-state index in [0.717, 1.165) is 24.0 Å². The number of nitrogens with zero attached hydrogens (tertiary/aromatic N) is 3. The van der Waals surface area contributed by atoms with Gasteiger partial charge in [-0.05, 0) is 30.3 Å². The Morgan fingerprint density at radius 3 is 2.48 bits per heavy atom. The van der Waals surface area contributed by atoms with Crippen LogP contribution in [0.2, 0.25) is 0 Å². The van der Waals surface area contributed by atoms with Crippen molar-refractivity contribution in [1.29, 1.82) is 0 Å². The van der Waals surface area contributed by atoms with Crippen LogP contribution in [0.5, 0.6) is 0 Å². The van der Waals surface area contributed by atoms with E-state index >= 15 is 0 Å². The van der Waals surface area contributed by atoms with Crippen molar-refractivity contribution in [1.82, 2.24) is 14.9 Å². The molecule has 0 radical (unpaired) electrons. The quantitative estimate of drug-likeness (QED) is 0.716. The number of carbonyl (C=O) groups is 1. The monoisotopic (exact) mass is 402 g/mol. The largest absolute Gasteiger partial charge is 0.416 e. The average molecular weight is 402 g/mol. The summed E-state index contributed by atoms with van der Waals surface area (Å²) in [4.78, 5) is 36.1. The van der Waals surface area contributed by atoms with E-state index in [1.807, 2.05) is 23.1 Å². The number of pyridine rings is 2. The Morgan fingerprint density at radius 2 is 1.83 bits per heavy atom. The van der Waals surface area contributed by atoms with Gasteiger partial charge in [-0.2, -0.15) is 13.2 Å². The summed E-state index contributed by atoms with van der Waals surface area (Å²) in [6.07, 6.45) is -1.61. The fraction of sp³-hybridized carbons (Fsp3) is 0.250. The number of fused-ring (bicyclic) bond motifs is 1. The molecule has 4 rings (SSSR count). The van der Waals surface area contributed by atoms with Crippen LogP contribution in [0.15, 0.2) is 53.6 Å². The van der Waals surface area contributed by atoms with Crippen molar-refractivity contribution in [2.75, 3.05) is 31.1 Å². The van der Waals surface area contributed by atoms with Crippen LogP contribution in [0.1, 0.15) is 15.9 Å². The van der Waals surface area contributed by atoms with E-state index in [1.54, 1.807) is 11.1 Å². The van der Waals surface area contributed by atoms with Gasteiger partial charge in [0.15, 0.2) is 0 Å². The second kappa shape index (κ2) is 7.23. The lowest BCUT2D eigenvalue weighted by molar-refractivity contribution is -0.137. The number of hydrogen-bond donors (Lipinski definition) is 1. The Morgan fingerprint density at radius 1 is 1.07 bits per heavy atom. The van der Waals surface area contributed by atoms with Gasteiger partial charge in [-0.3, -0.25) is 9.59 Å². The molecule has 1 fully saturated rings. The predicted octanol–water partition coefficient (Wildman–Crippen LogP) is 2.90. The van der Waals surface area contributed by atoms with Crippen molar-refractivity contribution in [3.63, 3.8) is 0 Å². The molecule has 1 amide bonds. The first kappa shape index (κ1) is 19.0. The fourth-order valence-electron chi connectivity index (χ4n) is 3.41. The minimum atomic E-state index is -4.51. The highest BCUT2D eigenvalue weighted by Crippen LogP contribution is 2.30. The molecule has 3 aromatic rings. The summed E-state index contributed by atoms with van der Waals surface area (Å²) in [5.41, 5.74) is -1.47. The lowest BCUT2D eigenvalue weighted by Gasteiger charge is -2.35. The fourth-order valence-corrected chi connectivity index (χ4v) is 3.41. The number of benzene rings is 1. The maximum absolute atomic E-state index is 12.9. The number of aromatic amines is 1. The van der Waals surface area contributed by atoms with Gasteiger partial charge < -0.3 is 14.8 Å². The minimum Gasteiger partial charge on any atom is -0.360 e. The van der Waals surface area contributed by atoms with Gasteiger partial charge in [0, 0.05) is 49.5 Å². The molecule has 9 heteroatoms. The first-order valence-corrected chi connectivity index (χ1v) is 9.02. The van der Waals surface area contributed by atoms with Crippen LogP contribution in [0, 0.1) is 0 Å². The van der Waals surface area contributed by atoms with Crippen LogP contribution >= 0.6 is 0 Å². The first-order chi connectivity index (χ1) is 13.8. The van der Waals surface area contributed by atoms with Crippen molar-refractivity contribution in [2.24, 2.45) is 0 Å². The molecule has 0 saturated carbocycles. The van der Waals surface area contributed by atoms with Crippen LogP contribution in [0.25, 0.3) is 10.9 Å². The third-order valence-electron chi connectivity index (χ3n) is 4.98. The predicted molar refractivity (Wildman–Crippen MR) is 102 cm³/mol. The summed E-state index contributed by atoms with van der Waals surface area (Å²) in [6, 6.07) is 8.42. The van der Waals surface area contributed by atoms with Crippen molar-refractivity contribution >= 4 is 22.6 Å². The van der Waals surface area contributed by atoms with Gasteiger partial charge in [-0.15, -0.1) is 0 Å². The molecule has 150 valence electrons. The van der Waals surface area contributed by atoms with Gasteiger partial charge in [0.25, 0.3) is 5.91 Å². The summed E-state index contributed by atoms with van der Waals surface area (Å²) in [7, 11) is 0. The van der Waals surface area contributed by atoms with Gasteiger partial charge in [-0.25, -0.2) is 4.98 Å². The first-order valence-electron chi connectivity index (χ1n) is 9.02. The molecule has 0 atom stereocenters. The van der Waals surface area contributed by atoms with Crippen LogP contribution < -0.4 is 10.3 Å². The number of carbonyl (C=O) groups excluding carboxylic acids is 1. The maximum atomic E-state index is 12.9. The van der Waals surface area contributed by atoms with Gasteiger partial charge in [-0.1, -0.05) is 6.07 Å². The molecule has 1 aromatic carbocycles. The number of hydrogen-bond acceptors (Lipinski definition) is 4. The summed E-state index contributed by atoms with van der Waals surface area (Å²) in [5.74, 6) is 0.386. The maximum Gasteiger partial charge on any atom is 0.416 e. The number of anilines is 1. The molecular formula is C20H17F3N4O2. The molecule has 2 aromatic heterocycles. The van der Waals surface area contributed by atoms with Gasteiger partial charge in [0.2, 0.25) is 5.43 Å². The second-order valence-electron chi connectivity index (χ2n) is 6.76. The smallest absolute Gasteiger partial charge is 0.360 e. The van der Waals surface area contributed by atoms with E-state index < -0.39 is 23.1 Å². The van der Waals surface area contributed by atoms with Crippen molar-refractivity contribution < 1.29 is 18.0 Å². The van der Waals surface area contributed by atoms with Gasteiger partial charge >= 0.3 is 6.18 Å². The number of H-pyrrole nitrogens is 1. The third-order valence-corrected chi connectivity index (χ3v) is 4.98. The lowest BCUT2D eigenvalue weighted by atomic mass is 10.1. The van der Waals surface area contributed by atoms with E-state index in [2.05, 4.69) is 9.97 Å². The van der Waals surface area contributed by atoms with Crippen molar-refractivity contribution in [3.05, 3.63) is 70.1 Å². The third kappa shape index (κ3) is 3.67. The van der Waals surface area contributed by atoms with Crippen LogP contribution in [-0.4, -0.2) is 47.0 Å². The van der Waals surface area contributed by atoms with E-state index in [4.69, 9.17) is 0 Å². The van der Waals surface area contributed by atoms with Gasteiger partial charge in [0.1, 0.15) is 11.4 Å². The Hall–Kier alpha value is -3.36. The molecule has 1 aliphatic heterocycles. The van der Waals surface area contributed by atoms with Gasteiger partial charge in [0.05, 0.1) is 5.56 Å².